The second-order valence-electron chi connectivity index (χ2n) is 9.93. The molecule has 0 aliphatic rings. The van der Waals surface area contributed by atoms with E-state index in [1.165, 1.54) is 0 Å². The molecule has 0 aliphatic carbocycles. The zero-order valence-electron chi connectivity index (χ0n) is 24.4. The average Bonchev–Trinajstić information content (AvgIpc) is 2.96. The Kier molecular flexibility index (Phi) is 17.1. The highest BCUT2D eigenvalue weighted by molar-refractivity contribution is 5.96. The van der Waals surface area contributed by atoms with Crippen LogP contribution in [0.15, 0.2) is 35.3 Å². The summed E-state index contributed by atoms with van der Waals surface area (Å²) in [5.41, 5.74) is 22.3. The summed E-state index contributed by atoms with van der Waals surface area (Å²) in [6, 6.07) is 3.36. The first-order valence-electron chi connectivity index (χ1n) is 14.0. The third-order valence-corrected chi connectivity index (χ3v) is 6.24. The largest absolute Gasteiger partial charge is 0.481 e. The summed E-state index contributed by atoms with van der Waals surface area (Å²) in [6.45, 7) is -0.00792. The summed E-state index contributed by atoms with van der Waals surface area (Å²) < 4.78 is 0. The third-order valence-electron chi connectivity index (χ3n) is 6.24. The highest BCUT2D eigenvalue weighted by atomic mass is 16.4. The average molecular weight is 622 g/mol. The van der Waals surface area contributed by atoms with Gasteiger partial charge in [0, 0.05) is 13.0 Å². The summed E-state index contributed by atoms with van der Waals surface area (Å²) in [7, 11) is 0. The number of rotatable bonds is 21. The van der Waals surface area contributed by atoms with E-state index in [1.807, 2.05) is 0 Å². The topological polar surface area (TPSA) is 307 Å². The molecule has 44 heavy (non-hydrogen) atoms. The molecule has 1 rings (SSSR count). The first-order valence-corrected chi connectivity index (χ1v) is 14.0. The molecule has 4 atom stereocenters. The highest BCUT2D eigenvalue weighted by Crippen LogP contribution is 2.07. The molecule has 0 heterocycles. The van der Waals surface area contributed by atoms with E-state index in [1.54, 1.807) is 30.3 Å². The van der Waals surface area contributed by atoms with Crippen molar-refractivity contribution in [3.8, 4) is 0 Å². The van der Waals surface area contributed by atoms with Gasteiger partial charge in [-0.15, -0.1) is 0 Å². The lowest BCUT2D eigenvalue weighted by molar-refractivity contribution is -0.143. The smallest absolute Gasteiger partial charge is 0.326 e. The van der Waals surface area contributed by atoms with E-state index in [9.17, 15) is 39.0 Å². The maximum Gasteiger partial charge on any atom is 0.326 e. The van der Waals surface area contributed by atoms with Crippen LogP contribution < -0.4 is 44.2 Å². The van der Waals surface area contributed by atoms with Crippen LogP contribution in [-0.4, -0.2) is 95.5 Å². The third kappa shape index (κ3) is 15.5. The molecule has 4 amide bonds. The van der Waals surface area contributed by atoms with E-state index in [0.29, 0.717) is 31.4 Å². The Morgan fingerprint density at radius 2 is 1.43 bits per heavy atom. The Hall–Kier alpha value is -4.77. The number of amides is 4. The van der Waals surface area contributed by atoms with Crippen LogP contribution in [0.2, 0.25) is 0 Å². The van der Waals surface area contributed by atoms with Gasteiger partial charge in [-0.25, -0.2) is 4.79 Å². The van der Waals surface area contributed by atoms with Gasteiger partial charge >= 0.3 is 11.9 Å². The fourth-order valence-electron chi connectivity index (χ4n) is 3.93. The molecule has 0 radical (unpaired) electrons. The molecule has 0 saturated carbocycles. The van der Waals surface area contributed by atoms with E-state index in [4.69, 9.17) is 22.9 Å². The van der Waals surface area contributed by atoms with Crippen molar-refractivity contribution in [1.29, 1.82) is 0 Å². The van der Waals surface area contributed by atoms with Gasteiger partial charge in [-0.05, 0) is 44.2 Å². The lowest BCUT2D eigenvalue weighted by Crippen LogP contribution is -2.57. The second-order valence-corrected chi connectivity index (χ2v) is 9.93. The Balaban J connectivity index is 2.94. The lowest BCUT2D eigenvalue weighted by atomic mass is 10.0. The Morgan fingerprint density at radius 3 is 2.02 bits per heavy atom. The molecule has 0 unspecified atom stereocenters. The number of nitrogens with one attached hydrogen (secondary N) is 4. The Morgan fingerprint density at radius 1 is 0.795 bits per heavy atom. The maximum atomic E-state index is 13.2. The predicted octanol–water partition coefficient (Wildman–Crippen LogP) is -3.13. The van der Waals surface area contributed by atoms with Gasteiger partial charge in [0.05, 0.1) is 19.0 Å². The van der Waals surface area contributed by atoms with Crippen molar-refractivity contribution in [2.75, 3.05) is 19.6 Å². The van der Waals surface area contributed by atoms with Gasteiger partial charge in [0.2, 0.25) is 23.6 Å². The van der Waals surface area contributed by atoms with Gasteiger partial charge in [-0.1, -0.05) is 30.3 Å². The molecular formula is C27H43N9O8. The Bertz CT molecular complexity index is 1150. The van der Waals surface area contributed by atoms with Crippen molar-refractivity contribution in [3.63, 3.8) is 0 Å². The van der Waals surface area contributed by atoms with Crippen molar-refractivity contribution in [3.05, 3.63) is 35.9 Å². The zero-order valence-corrected chi connectivity index (χ0v) is 24.4. The van der Waals surface area contributed by atoms with Crippen molar-refractivity contribution in [2.45, 2.75) is 69.1 Å². The van der Waals surface area contributed by atoms with Crippen LogP contribution in [-0.2, 0) is 35.2 Å². The molecule has 0 bridgehead atoms. The zero-order chi connectivity index (χ0) is 33.1. The fourth-order valence-corrected chi connectivity index (χ4v) is 3.93. The molecule has 244 valence electrons. The van der Waals surface area contributed by atoms with Crippen LogP contribution in [0, 0.1) is 0 Å². The van der Waals surface area contributed by atoms with Gasteiger partial charge in [-0.2, -0.15) is 0 Å². The molecule has 17 heteroatoms. The van der Waals surface area contributed by atoms with Crippen LogP contribution in [0.25, 0.3) is 0 Å². The fraction of sp³-hybridized carbons (Fsp3) is 0.519. The minimum atomic E-state index is -1.63. The van der Waals surface area contributed by atoms with Gasteiger partial charge in [0.1, 0.15) is 18.1 Å². The van der Waals surface area contributed by atoms with Gasteiger partial charge in [0.15, 0.2) is 5.96 Å². The maximum absolute atomic E-state index is 13.2. The van der Waals surface area contributed by atoms with Crippen molar-refractivity contribution >= 4 is 41.5 Å². The number of carboxylic acid groups (broad SMARTS) is 2. The number of unbranched alkanes of at least 4 members (excludes halogenated alkanes) is 1. The molecule has 1 aromatic carbocycles. The SMILES string of the molecule is NCCCC[C@H](NC(=O)[C@H](Cc1ccccc1)NC(=O)[C@H](CC(=O)O)NC(=O)CNC(=O)[C@@H](N)CCCN=C(N)N)C(=O)O. The Labute approximate surface area is 254 Å². The highest BCUT2D eigenvalue weighted by Gasteiger charge is 2.31. The second kappa shape index (κ2) is 20.2. The van der Waals surface area contributed by atoms with Gasteiger partial charge in [0.25, 0.3) is 0 Å². The molecule has 0 spiro atoms. The summed E-state index contributed by atoms with van der Waals surface area (Å²) in [5.74, 6) is -6.17. The number of benzene rings is 1. The van der Waals surface area contributed by atoms with Crippen LogP contribution in [0.5, 0.6) is 0 Å². The molecule has 0 saturated heterocycles. The van der Waals surface area contributed by atoms with E-state index in [-0.39, 0.29) is 31.8 Å². The quantitative estimate of drug-likeness (QED) is 0.0370. The van der Waals surface area contributed by atoms with Crippen molar-refractivity contribution in [2.24, 2.45) is 27.9 Å². The molecule has 0 aliphatic heterocycles. The summed E-state index contributed by atoms with van der Waals surface area (Å²) in [6.07, 6.45) is 0.813. The van der Waals surface area contributed by atoms with E-state index >= 15 is 0 Å². The van der Waals surface area contributed by atoms with E-state index < -0.39 is 72.7 Å². The number of carbonyl (C=O) groups excluding carboxylic acids is 4. The van der Waals surface area contributed by atoms with Gasteiger partial charge in [-0.3, -0.25) is 29.0 Å². The number of nitrogens with two attached hydrogens (primary N) is 4. The standard InChI is InChI=1S/C27H43N9O8/c28-11-5-4-10-18(26(43)44)35-24(41)19(13-16-7-2-1-3-8-16)36-25(42)20(14-22(38)39)34-21(37)15-33-23(40)17(29)9-6-12-32-27(30)31/h1-3,7-8,17-20H,4-6,9-15,28-29H2,(H,33,40)(H,34,37)(H,35,41)(H,36,42)(H,38,39)(H,43,44)(H4,30,31,32)/t17-,18-,19-,20-/m0/s1. The minimum absolute atomic E-state index is 0.0571. The van der Waals surface area contributed by atoms with Crippen molar-refractivity contribution in [1.82, 2.24) is 21.3 Å². The first-order chi connectivity index (χ1) is 20.8. The summed E-state index contributed by atoms with van der Waals surface area (Å²) >= 11 is 0. The number of hydrogen-bond donors (Lipinski definition) is 10. The number of hydrogen-bond acceptors (Lipinski definition) is 9. The number of nitrogens with zero attached hydrogens (tertiary/aromatic N) is 1. The van der Waals surface area contributed by atoms with Crippen LogP contribution >= 0.6 is 0 Å². The number of aliphatic imine (C=N–C) groups is 1. The minimum Gasteiger partial charge on any atom is -0.481 e. The predicted molar refractivity (Wildman–Crippen MR) is 160 cm³/mol. The van der Waals surface area contributed by atoms with Crippen LogP contribution in [0.3, 0.4) is 0 Å². The van der Waals surface area contributed by atoms with Crippen molar-refractivity contribution < 1.29 is 39.0 Å². The summed E-state index contributed by atoms with van der Waals surface area (Å²) in [5, 5.41) is 28.3. The number of guanidine groups is 1. The molecule has 1 aromatic rings. The molecular weight excluding hydrogens is 578 g/mol. The lowest BCUT2D eigenvalue weighted by Gasteiger charge is -2.24. The monoisotopic (exact) mass is 621 g/mol. The molecule has 17 nitrogen and oxygen atoms in total. The van der Waals surface area contributed by atoms with Crippen LogP contribution in [0.4, 0.5) is 0 Å². The number of aliphatic carboxylic acids is 2. The number of carbonyl (C=O) groups is 6. The van der Waals surface area contributed by atoms with E-state index in [2.05, 4.69) is 26.3 Å². The van der Waals surface area contributed by atoms with E-state index in [0.717, 1.165) is 0 Å². The number of carboxylic acids is 2. The van der Waals surface area contributed by atoms with Crippen LogP contribution in [0.1, 0.15) is 44.1 Å². The molecule has 0 fully saturated rings. The molecule has 14 N–H and O–H groups in total. The molecule has 0 aromatic heterocycles. The normalized spacial score (nSPS) is 13.3. The first kappa shape index (κ1) is 37.3. The summed E-state index contributed by atoms with van der Waals surface area (Å²) in [4.78, 5) is 78.0. The van der Waals surface area contributed by atoms with Gasteiger partial charge < -0.3 is 54.4 Å².